The second kappa shape index (κ2) is 6.51. The molecule has 100 valence electrons. The summed E-state index contributed by atoms with van der Waals surface area (Å²) >= 11 is 0. The van der Waals surface area contributed by atoms with Gasteiger partial charge in [-0.3, -0.25) is 0 Å². The molecular formula is C12H20N4O2. The highest BCUT2D eigenvalue weighted by Crippen LogP contribution is 2.11. The smallest absolute Gasteiger partial charge is 0.227 e. The van der Waals surface area contributed by atoms with E-state index >= 15 is 0 Å². The van der Waals surface area contributed by atoms with E-state index in [2.05, 4.69) is 15.3 Å². The van der Waals surface area contributed by atoms with E-state index in [1.54, 1.807) is 6.20 Å². The Morgan fingerprint density at radius 2 is 2.39 bits per heavy atom. The molecule has 1 aliphatic rings. The van der Waals surface area contributed by atoms with Crippen molar-refractivity contribution in [3.63, 3.8) is 0 Å². The molecule has 0 amide bonds. The van der Waals surface area contributed by atoms with Crippen molar-refractivity contribution in [3.05, 3.63) is 12.3 Å². The van der Waals surface area contributed by atoms with E-state index in [-0.39, 0.29) is 6.10 Å². The van der Waals surface area contributed by atoms with Crippen molar-refractivity contribution in [2.75, 3.05) is 50.2 Å². The van der Waals surface area contributed by atoms with Crippen molar-refractivity contribution in [1.82, 2.24) is 9.97 Å². The molecule has 0 radical (unpaired) electrons. The summed E-state index contributed by atoms with van der Waals surface area (Å²) in [4.78, 5) is 10.7. The van der Waals surface area contributed by atoms with Gasteiger partial charge in [-0.25, -0.2) is 4.98 Å². The molecule has 1 saturated heterocycles. The molecule has 1 aromatic rings. The van der Waals surface area contributed by atoms with Crippen molar-refractivity contribution in [3.8, 4) is 0 Å². The summed E-state index contributed by atoms with van der Waals surface area (Å²) in [6.45, 7) is 5.61. The maximum Gasteiger partial charge on any atom is 0.227 e. The fourth-order valence-corrected chi connectivity index (χ4v) is 1.84. The zero-order valence-corrected chi connectivity index (χ0v) is 10.9. The molecule has 0 saturated carbocycles. The molecule has 1 aromatic heterocycles. The molecule has 0 bridgehead atoms. The third kappa shape index (κ3) is 3.54. The van der Waals surface area contributed by atoms with E-state index in [9.17, 15) is 0 Å². The minimum atomic E-state index is 0.0927. The predicted molar refractivity (Wildman–Crippen MR) is 70.0 cm³/mol. The summed E-state index contributed by atoms with van der Waals surface area (Å²) in [6, 6.07) is 1.86. The topological polar surface area (TPSA) is 59.5 Å². The van der Waals surface area contributed by atoms with Crippen LogP contribution in [0.3, 0.4) is 0 Å². The van der Waals surface area contributed by atoms with Crippen LogP contribution in [0.4, 0.5) is 11.8 Å². The first-order chi connectivity index (χ1) is 8.79. The number of ether oxygens (including phenoxy) is 2. The number of hydrogen-bond acceptors (Lipinski definition) is 6. The average Bonchev–Trinajstić information content (AvgIpc) is 2.40. The van der Waals surface area contributed by atoms with Gasteiger partial charge in [0.25, 0.3) is 0 Å². The van der Waals surface area contributed by atoms with Crippen LogP contribution in [-0.4, -0.2) is 56.0 Å². The fraction of sp³-hybridized carbons (Fsp3) is 0.667. The molecule has 0 aliphatic carbocycles. The van der Waals surface area contributed by atoms with Crippen LogP contribution in [-0.2, 0) is 9.47 Å². The van der Waals surface area contributed by atoms with Crippen LogP contribution >= 0.6 is 0 Å². The first-order valence-electron chi connectivity index (χ1n) is 6.27. The molecule has 2 rings (SSSR count). The van der Waals surface area contributed by atoms with Gasteiger partial charge in [0, 0.05) is 26.3 Å². The van der Waals surface area contributed by atoms with E-state index in [0.29, 0.717) is 25.8 Å². The van der Waals surface area contributed by atoms with Gasteiger partial charge in [0.15, 0.2) is 0 Å². The maximum absolute atomic E-state index is 5.61. The number of rotatable bonds is 5. The van der Waals surface area contributed by atoms with Crippen LogP contribution < -0.4 is 10.2 Å². The predicted octanol–water partition coefficient (Wildman–Crippen LogP) is 0.760. The molecule has 1 N–H and O–H groups in total. The zero-order chi connectivity index (χ0) is 12.8. The van der Waals surface area contributed by atoms with E-state index in [1.807, 2.05) is 24.9 Å². The SMILES string of the molecule is CCNc1ccnc(N(C)C[C@@H]2COCCO2)n1. The maximum atomic E-state index is 5.61. The number of nitrogens with zero attached hydrogens (tertiary/aromatic N) is 3. The molecular weight excluding hydrogens is 232 g/mol. The lowest BCUT2D eigenvalue weighted by molar-refractivity contribution is -0.0837. The van der Waals surface area contributed by atoms with E-state index in [1.165, 1.54) is 0 Å². The summed E-state index contributed by atoms with van der Waals surface area (Å²) in [5.41, 5.74) is 0. The van der Waals surface area contributed by atoms with Crippen LogP contribution in [0.2, 0.25) is 0 Å². The van der Waals surface area contributed by atoms with Crippen molar-refractivity contribution in [2.45, 2.75) is 13.0 Å². The zero-order valence-electron chi connectivity index (χ0n) is 10.9. The largest absolute Gasteiger partial charge is 0.376 e. The van der Waals surface area contributed by atoms with Gasteiger partial charge in [-0.2, -0.15) is 4.98 Å². The lowest BCUT2D eigenvalue weighted by atomic mass is 10.3. The van der Waals surface area contributed by atoms with E-state index in [4.69, 9.17) is 9.47 Å². The third-order valence-electron chi connectivity index (χ3n) is 2.70. The van der Waals surface area contributed by atoms with Gasteiger partial charge in [-0.05, 0) is 13.0 Å². The molecule has 1 aliphatic heterocycles. The Kier molecular flexibility index (Phi) is 4.72. The Morgan fingerprint density at radius 1 is 1.50 bits per heavy atom. The lowest BCUT2D eigenvalue weighted by Gasteiger charge is -2.27. The number of hydrogen-bond donors (Lipinski definition) is 1. The summed E-state index contributed by atoms with van der Waals surface area (Å²) < 4.78 is 11.0. The Bertz CT molecular complexity index is 369. The van der Waals surface area contributed by atoms with Crippen molar-refractivity contribution >= 4 is 11.8 Å². The number of anilines is 2. The molecule has 6 heteroatoms. The fourth-order valence-electron chi connectivity index (χ4n) is 1.84. The standard InChI is InChI=1S/C12H20N4O2/c1-3-13-11-4-5-14-12(15-11)16(2)8-10-9-17-6-7-18-10/h4-5,10H,3,6-9H2,1-2H3,(H,13,14,15)/t10-/m1/s1. The number of aromatic nitrogens is 2. The Balaban J connectivity index is 1.94. The molecule has 0 spiro atoms. The highest BCUT2D eigenvalue weighted by molar-refractivity contribution is 5.40. The van der Waals surface area contributed by atoms with Crippen LogP contribution in [0.15, 0.2) is 12.3 Å². The van der Waals surface area contributed by atoms with Gasteiger partial charge in [-0.1, -0.05) is 0 Å². The molecule has 1 fully saturated rings. The normalized spacial score (nSPS) is 19.6. The Morgan fingerprint density at radius 3 is 3.11 bits per heavy atom. The Labute approximate surface area is 107 Å². The van der Waals surface area contributed by atoms with Gasteiger partial charge < -0.3 is 19.7 Å². The van der Waals surface area contributed by atoms with E-state index < -0.39 is 0 Å². The minimum absolute atomic E-state index is 0.0927. The van der Waals surface area contributed by atoms with Gasteiger partial charge in [0.2, 0.25) is 5.95 Å². The number of nitrogens with one attached hydrogen (secondary N) is 1. The minimum Gasteiger partial charge on any atom is -0.376 e. The second-order valence-electron chi connectivity index (χ2n) is 4.22. The van der Waals surface area contributed by atoms with Crippen LogP contribution in [0.5, 0.6) is 0 Å². The lowest BCUT2D eigenvalue weighted by Crippen LogP contribution is -2.39. The highest BCUT2D eigenvalue weighted by Gasteiger charge is 2.17. The van der Waals surface area contributed by atoms with Crippen LogP contribution in [0.1, 0.15) is 6.92 Å². The monoisotopic (exact) mass is 252 g/mol. The average molecular weight is 252 g/mol. The molecule has 18 heavy (non-hydrogen) atoms. The first kappa shape index (κ1) is 13.0. The summed E-state index contributed by atoms with van der Waals surface area (Å²) in [7, 11) is 1.96. The molecule has 0 unspecified atom stereocenters. The summed E-state index contributed by atoms with van der Waals surface area (Å²) in [6.07, 6.45) is 1.85. The molecule has 1 atom stereocenters. The van der Waals surface area contributed by atoms with Gasteiger partial charge in [0.05, 0.1) is 25.9 Å². The van der Waals surface area contributed by atoms with E-state index in [0.717, 1.165) is 18.9 Å². The van der Waals surface area contributed by atoms with Crippen molar-refractivity contribution in [1.29, 1.82) is 0 Å². The third-order valence-corrected chi connectivity index (χ3v) is 2.70. The molecule has 6 nitrogen and oxygen atoms in total. The van der Waals surface area contributed by atoms with Crippen molar-refractivity contribution in [2.24, 2.45) is 0 Å². The molecule has 0 aromatic carbocycles. The van der Waals surface area contributed by atoms with Crippen LogP contribution in [0, 0.1) is 0 Å². The number of likely N-dealkylation sites (N-methyl/N-ethyl adjacent to an activating group) is 1. The van der Waals surface area contributed by atoms with Gasteiger partial charge >= 0.3 is 0 Å². The van der Waals surface area contributed by atoms with Crippen LogP contribution in [0.25, 0.3) is 0 Å². The summed E-state index contributed by atoms with van der Waals surface area (Å²) in [5.74, 6) is 1.54. The quantitative estimate of drug-likeness (QED) is 0.835. The summed E-state index contributed by atoms with van der Waals surface area (Å²) in [5, 5.41) is 3.17. The highest BCUT2D eigenvalue weighted by atomic mass is 16.6. The first-order valence-corrected chi connectivity index (χ1v) is 6.27. The van der Waals surface area contributed by atoms with Crippen molar-refractivity contribution < 1.29 is 9.47 Å². The Hall–Kier alpha value is -1.40. The van der Waals surface area contributed by atoms with Gasteiger partial charge in [-0.15, -0.1) is 0 Å². The molecule has 2 heterocycles. The second-order valence-corrected chi connectivity index (χ2v) is 4.22. The van der Waals surface area contributed by atoms with Gasteiger partial charge in [0.1, 0.15) is 5.82 Å².